The van der Waals surface area contributed by atoms with Crippen LogP contribution in [0.2, 0.25) is 5.28 Å². The molecule has 2 heterocycles. The second-order valence-corrected chi connectivity index (χ2v) is 5.11. The minimum Gasteiger partial charge on any atom is -0.306 e. The van der Waals surface area contributed by atoms with Crippen LogP contribution in [0.15, 0.2) is 18.3 Å². The normalized spacial score (nSPS) is 10.3. The molecule has 1 N–H and O–H groups in total. The molecule has 2 rings (SSSR count). The first kappa shape index (κ1) is 12.0. The van der Waals surface area contributed by atoms with Gasteiger partial charge in [-0.1, -0.05) is 0 Å². The fourth-order valence-corrected chi connectivity index (χ4v) is 2.34. The van der Waals surface area contributed by atoms with Gasteiger partial charge in [-0.2, -0.15) is 0 Å². The number of nitrogens with zero attached hydrogens (tertiary/aromatic N) is 2. The summed E-state index contributed by atoms with van der Waals surface area (Å²) < 4.78 is 0. The fourth-order valence-electron chi connectivity index (χ4n) is 1.27. The topological polar surface area (TPSA) is 54.9 Å². The van der Waals surface area contributed by atoms with Gasteiger partial charge in [-0.25, -0.2) is 9.97 Å². The molecule has 88 valence electrons. The van der Waals surface area contributed by atoms with E-state index in [1.54, 1.807) is 6.07 Å². The van der Waals surface area contributed by atoms with Crippen molar-refractivity contribution in [2.75, 3.05) is 5.32 Å². The predicted molar refractivity (Wildman–Crippen MR) is 68.8 cm³/mol. The van der Waals surface area contributed by atoms with E-state index >= 15 is 0 Å². The Morgan fingerprint density at radius 2 is 2.24 bits per heavy atom. The lowest BCUT2D eigenvalue weighted by molar-refractivity contribution is 0.103. The molecule has 2 aromatic rings. The van der Waals surface area contributed by atoms with Crippen LogP contribution in [0.1, 0.15) is 20.1 Å². The first-order chi connectivity index (χ1) is 8.06. The molecule has 1 amide bonds. The van der Waals surface area contributed by atoms with Gasteiger partial charge in [-0.3, -0.25) is 4.79 Å². The van der Waals surface area contributed by atoms with E-state index in [2.05, 4.69) is 15.3 Å². The SMILES string of the molecule is Cc1cc(C(=O)Nc2ccnc(Cl)n2)sc1C. The lowest BCUT2D eigenvalue weighted by Gasteiger charge is -2.01. The number of hydrogen-bond acceptors (Lipinski definition) is 4. The summed E-state index contributed by atoms with van der Waals surface area (Å²) in [5.74, 6) is 0.222. The number of thiophene rings is 1. The summed E-state index contributed by atoms with van der Waals surface area (Å²) in [6, 6.07) is 3.45. The van der Waals surface area contributed by atoms with Crippen molar-refractivity contribution in [3.8, 4) is 0 Å². The molecule has 17 heavy (non-hydrogen) atoms. The van der Waals surface area contributed by atoms with Crippen LogP contribution in [0.4, 0.5) is 5.82 Å². The highest BCUT2D eigenvalue weighted by molar-refractivity contribution is 7.14. The Labute approximate surface area is 108 Å². The summed E-state index contributed by atoms with van der Waals surface area (Å²) in [7, 11) is 0. The Bertz CT molecular complexity index is 548. The molecule has 0 atom stereocenters. The van der Waals surface area contributed by atoms with Gasteiger partial charge in [0.15, 0.2) is 0 Å². The lowest BCUT2D eigenvalue weighted by Crippen LogP contribution is -2.11. The van der Waals surface area contributed by atoms with E-state index in [0.717, 1.165) is 10.4 Å². The predicted octanol–water partition coefficient (Wildman–Crippen LogP) is 3.06. The Kier molecular flexibility index (Phi) is 3.40. The molecule has 0 saturated carbocycles. The van der Waals surface area contributed by atoms with Gasteiger partial charge in [0.2, 0.25) is 5.28 Å². The molecule has 6 heteroatoms. The highest BCUT2D eigenvalue weighted by Crippen LogP contribution is 2.21. The molecule has 4 nitrogen and oxygen atoms in total. The molecule has 0 bridgehead atoms. The number of carbonyl (C=O) groups is 1. The number of aromatic nitrogens is 2. The second kappa shape index (κ2) is 4.81. The van der Waals surface area contributed by atoms with Gasteiger partial charge in [0.1, 0.15) is 5.82 Å². The van der Waals surface area contributed by atoms with Crippen LogP contribution >= 0.6 is 22.9 Å². The van der Waals surface area contributed by atoms with E-state index < -0.39 is 0 Å². The molecule has 0 unspecified atom stereocenters. The van der Waals surface area contributed by atoms with Crippen molar-refractivity contribution in [1.82, 2.24) is 9.97 Å². The van der Waals surface area contributed by atoms with E-state index in [4.69, 9.17) is 11.6 Å². The van der Waals surface area contributed by atoms with Crippen LogP contribution in [0, 0.1) is 13.8 Å². The molecule has 0 radical (unpaired) electrons. The quantitative estimate of drug-likeness (QED) is 0.851. The number of anilines is 1. The summed E-state index contributed by atoms with van der Waals surface area (Å²) in [5.41, 5.74) is 1.11. The van der Waals surface area contributed by atoms with Crippen molar-refractivity contribution in [3.63, 3.8) is 0 Å². The molecule has 0 aliphatic rings. The van der Waals surface area contributed by atoms with E-state index in [9.17, 15) is 4.79 Å². The van der Waals surface area contributed by atoms with E-state index in [1.165, 1.54) is 17.5 Å². The highest BCUT2D eigenvalue weighted by Gasteiger charge is 2.11. The molecule has 0 saturated heterocycles. The Hall–Kier alpha value is -1.46. The molecule has 0 spiro atoms. The maximum Gasteiger partial charge on any atom is 0.266 e. The van der Waals surface area contributed by atoms with Crippen molar-refractivity contribution >= 4 is 34.7 Å². The number of nitrogens with one attached hydrogen (secondary N) is 1. The number of rotatable bonds is 2. The molecular formula is C11H10ClN3OS. The fraction of sp³-hybridized carbons (Fsp3) is 0.182. The average Bonchev–Trinajstić information content (AvgIpc) is 2.59. The smallest absolute Gasteiger partial charge is 0.266 e. The zero-order valence-electron chi connectivity index (χ0n) is 9.32. The Balaban J connectivity index is 2.17. The Morgan fingerprint density at radius 3 is 2.82 bits per heavy atom. The molecule has 0 aromatic carbocycles. The maximum absolute atomic E-state index is 11.9. The number of hydrogen-bond donors (Lipinski definition) is 1. The van der Waals surface area contributed by atoms with Crippen LogP contribution < -0.4 is 5.32 Å². The summed E-state index contributed by atoms with van der Waals surface area (Å²) in [4.78, 5) is 21.3. The Morgan fingerprint density at radius 1 is 1.47 bits per heavy atom. The van der Waals surface area contributed by atoms with E-state index in [1.807, 2.05) is 19.9 Å². The third-order valence-electron chi connectivity index (χ3n) is 2.26. The number of halogens is 1. The standard InChI is InChI=1S/C11H10ClN3OS/c1-6-5-8(17-7(6)2)10(16)14-9-3-4-13-11(12)15-9/h3-5H,1-2H3,(H,13,14,15,16). The molecule has 0 aliphatic carbocycles. The highest BCUT2D eigenvalue weighted by atomic mass is 35.5. The third-order valence-corrected chi connectivity index (χ3v) is 3.59. The van der Waals surface area contributed by atoms with Crippen molar-refractivity contribution in [1.29, 1.82) is 0 Å². The monoisotopic (exact) mass is 267 g/mol. The van der Waals surface area contributed by atoms with Crippen LogP contribution in [0.5, 0.6) is 0 Å². The summed E-state index contributed by atoms with van der Waals surface area (Å²) in [5, 5.41) is 2.79. The van der Waals surface area contributed by atoms with Crippen LogP contribution in [0.3, 0.4) is 0 Å². The third kappa shape index (κ3) is 2.81. The van der Waals surface area contributed by atoms with Gasteiger partial charge in [0, 0.05) is 11.1 Å². The summed E-state index contributed by atoms with van der Waals surface area (Å²) in [6.45, 7) is 3.96. The van der Waals surface area contributed by atoms with Crippen molar-refractivity contribution in [3.05, 3.63) is 38.9 Å². The van der Waals surface area contributed by atoms with Crippen LogP contribution in [0.25, 0.3) is 0 Å². The molecular weight excluding hydrogens is 258 g/mol. The van der Waals surface area contributed by atoms with Gasteiger partial charge in [-0.15, -0.1) is 11.3 Å². The zero-order valence-corrected chi connectivity index (χ0v) is 10.9. The van der Waals surface area contributed by atoms with E-state index in [-0.39, 0.29) is 11.2 Å². The zero-order chi connectivity index (χ0) is 12.4. The van der Waals surface area contributed by atoms with Gasteiger partial charge >= 0.3 is 0 Å². The summed E-state index contributed by atoms with van der Waals surface area (Å²) in [6.07, 6.45) is 1.50. The van der Waals surface area contributed by atoms with Gasteiger partial charge < -0.3 is 5.32 Å². The van der Waals surface area contributed by atoms with E-state index in [0.29, 0.717) is 10.7 Å². The molecule has 0 aliphatic heterocycles. The largest absolute Gasteiger partial charge is 0.306 e. The maximum atomic E-state index is 11.9. The number of aryl methyl sites for hydroxylation is 2. The van der Waals surface area contributed by atoms with Crippen LogP contribution in [-0.2, 0) is 0 Å². The second-order valence-electron chi connectivity index (χ2n) is 3.51. The van der Waals surface area contributed by atoms with Gasteiger partial charge in [0.25, 0.3) is 5.91 Å². The van der Waals surface area contributed by atoms with Crippen molar-refractivity contribution in [2.24, 2.45) is 0 Å². The first-order valence-corrected chi connectivity index (χ1v) is 6.12. The number of carbonyl (C=O) groups excluding carboxylic acids is 1. The van der Waals surface area contributed by atoms with Crippen molar-refractivity contribution in [2.45, 2.75) is 13.8 Å². The minimum absolute atomic E-state index is 0.112. The average molecular weight is 268 g/mol. The molecule has 2 aromatic heterocycles. The van der Waals surface area contributed by atoms with Gasteiger partial charge in [-0.05, 0) is 43.1 Å². The minimum atomic E-state index is -0.180. The lowest BCUT2D eigenvalue weighted by atomic mass is 10.3. The molecule has 0 fully saturated rings. The summed E-state index contributed by atoms with van der Waals surface area (Å²) >= 11 is 7.09. The number of amides is 1. The van der Waals surface area contributed by atoms with Gasteiger partial charge in [0.05, 0.1) is 4.88 Å². The van der Waals surface area contributed by atoms with Crippen LogP contribution in [-0.4, -0.2) is 15.9 Å². The van der Waals surface area contributed by atoms with Crippen molar-refractivity contribution < 1.29 is 4.79 Å². The first-order valence-electron chi connectivity index (χ1n) is 4.93.